The van der Waals surface area contributed by atoms with Crippen LogP contribution >= 0.6 is 23.6 Å². The van der Waals surface area contributed by atoms with E-state index in [0.717, 1.165) is 23.2 Å². The van der Waals surface area contributed by atoms with Gasteiger partial charge in [0.15, 0.2) is 5.60 Å². The van der Waals surface area contributed by atoms with Gasteiger partial charge in [0.05, 0.1) is 34.6 Å². The van der Waals surface area contributed by atoms with Gasteiger partial charge in [0, 0.05) is 5.56 Å². The van der Waals surface area contributed by atoms with Crippen LogP contribution in [0.15, 0.2) is 53.4 Å². The minimum atomic E-state index is -0.917. The molecular formula is C19H17ClO4S. The largest absolute Gasteiger partial charge is 0.478 e. The molecule has 0 saturated carbocycles. The first-order valence-corrected chi connectivity index (χ1v) is 8.77. The van der Waals surface area contributed by atoms with E-state index in [2.05, 4.69) is 4.89 Å². The Balaban J connectivity index is 2.07. The van der Waals surface area contributed by atoms with Crippen LogP contribution in [0.4, 0.5) is 0 Å². The Bertz CT molecular complexity index is 831. The summed E-state index contributed by atoms with van der Waals surface area (Å²) in [6, 6.07) is 14.9. The van der Waals surface area contributed by atoms with Crippen LogP contribution in [0, 0.1) is 0 Å². The molecule has 4 nitrogen and oxygen atoms in total. The average Bonchev–Trinajstić information content (AvgIpc) is 2.84. The first kappa shape index (κ1) is 18.0. The number of hydrogen-bond acceptors (Lipinski definition) is 5. The van der Waals surface area contributed by atoms with Gasteiger partial charge in [0.25, 0.3) is 0 Å². The van der Waals surface area contributed by atoms with Gasteiger partial charge >= 0.3 is 0 Å². The Kier molecular flexibility index (Phi) is 5.20. The molecule has 0 amide bonds. The molecule has 0 atom stereocenters. The molecule has 6 heteroatoms. The van der Waals surface area contributed by atoms with Crippen molar-refractivity contribution in [3.8, 4) is 0 Å². The molecule has 0 aromatic heterocycles. The van der Waals surface area contributed by atoms with Crippen molar-refractivity contribution in [1.82, 2.24) is 0 Å². The predicted octanol–water partition coefficient (Wildman–Crippen LogP) is 5.17. The molecule has 0 saturated heterocycles. The van der Waals surface area contributed by atoms with E-state index in [0.29, 0.717) is 21.3 Å². The van der Waals surface area contributed by atoms with Crippen molar-refractivity contribution >= 4 is 40.8 Å². The van der Waals surface area contributed by atoms with E-state index >= 15 is 0 Å². The number of carbonyl (C=O) groups excluding carboxylic acids is 1. The lowest BCUT2D eigenvalue weighted by Crippen LogP contribution is -2.29. The zero-order chi connectivity index (χ0) is 18.0. The molecule has 1 heterocycles. The van der Waals surface area contributed by atoms with Crippen LogP contribution in [-0.4, -0.2) is 18.5 Å². The molecule has 0 N–H and O–H groups in total. The fourth-order valence-corrected chi connectivity index (χ4v) is 3.29. The van der Waals surface area contributed by atoms with Crippen molar-refractivity contribution in [2.45, 2.75) is 24.3 Å². The van der Waals surface area contributed by atoms with Gasteiger partial charge in [-0.3, -0.25) is 4.79 Å². The molecule has 0 unspecified atom stereocenters. The molecule has 0 fully saturated rings. The van der Waals surface area contributed by atoms with Gasteiger partial charge in [-0.05, 0) is 37.6 Å². The van der Waals surface area contributed by atoms with Crippen molar-refractivity contribution in [2.24, 2.45) is 0 Å². The molecule has 0 radical (unpaired) electrons. The Hall–Kier alpha value is -1.79. The third-order valence-corrected chi connectivity index (χ3v) is 4.97. The number of carbonyl (C=O) groups is 1. The first-order chi connectivity index (χ1) is 11.9. The fourth-order valence-electron chi connectivity index (χ4n) is 2.61. The highest BCUT2D eigenvalue weighted by atomic mass is 35.5. The lowest BCUT2D eigenvalue weighted by Gasteiger charge is -2.18. The van der Waals surface area contributed by atoms with Gasteiger partial charge in [0.1, 0.15) is 5.76 Å². The summed E-state index contributed by atoms with van der Waals surface area (Å²) in [5.74, 6) is 0.485. The molecule has 0 bridgehead atoms. The van der Waals surface area contributed by atoms with Crippen LogP contribution in [0.25, 0.3) is 11.3 Å². The van der Waals surface area contributed by atoms with Crippen molar-refractivity contribution in [3.05, 3.63) is 64.7 Å². The zero-order valence-electron chi connectivity index (χ0n) is 14.0. The molecule has 2 aromatic carbocycles. The third kappa shape index (κ3) is 3.60. The number of hydrogen-bond donors (Lipinski definition) is 0. The predicted molar refractivity (Wildman–Crippen MR) is 98.8 cm³/mol. The Labute approximate surface area is 155 Å². The third-order valence-electron chi connectivity index (χ3n) is 3.81. The summed E-state index contributed by atoms with van der Waals surface area (Å²) in [5.41, 5.74) is 1.21. The van der Waals surface area contributed by atoms with Gasteiger partial charge in [0.2, 0.25) is 5.78 Å². The SMILES string of the molecule is COOSc1ccc(C2=C(c3ccccc3)C(=O)C(C)(C)O2)cc1Cl. The smallest absolute Gasteiger partial charge is 0.210 e. The number of benzene rings is 2. The monoisotopic (exact) mass is 376 g/mol. The molecule has 3 rings (SSSR count). The van der Waals surface area contributed by atoms with Gasteiger partial charge in [-0.15, -0.1) is 0 Å². The van der Waals surface area contributed by atoms with Gasteiger partial charge in [-0.1, -0.05) is 41.9 Å². The van der Waals surface area contributed by atoms with Gasteiger partial charge in [-0.25, -0.2) is 4.89 Å². The maximum atomic E-state index is 12.8. The quantitative estimate of drug-likeness (QED) is 0.409. The van der Waals surface area contributed by atoms with Crippen molar-refractivity contribution in [3.63, 3.8) is 0 Å². The van der Waals surface area contributed by atoms with E-state index in [1.165, 1.54) is 7.11 Å². The lowest BCUT2D eigenvalue weighted by atomic mass is 9.93. The van der Waals surface area contributed by atoms with Crippen LogP contribution in [0.3, 0.4) is 0 Å². The standard InChI is InChI=1S/C19H17ClO4S/c1-19(2)18(21)16(12-7-5-4-6-8-12)17(23-19)13-9-10-15(14(20)11-13)25-24-22-3/h4-11H,1-3H3. The normalized spacial score (nSPS) is 16.2. The topological polar surface area (TPSA) is 44.8 Å². The van der Waals surface area contributed by atoms with E-state index < -0.39 is 5.60 Å². The number of ether oxygens (including phenoxy) is 1. The molecular weight excluding hydrogens is 360 g/mol. The van der Waals surface area contributed by atoms with Crippen LogP contribution in [0.2, 0.25) is 5.02 Å². The van der Waals surface area contributed by atoms with Crippen LogP contribution < -0.4 is 0 Å². The minimum Gasteiger partial charge on any atom is -0.478 e. The Morgan fingerprint density at radius 1 is 1.08 bits per heavy atom. The summed E-state index contributed by atoms with van der Waals surface area (Å²) < 4.78 is 10.8. The first-order valence-electron chi connectivity index (χ1n) is 7.65. The molecule has 0 aliphatic carbocycles. The molecule has 25 heavy (non-hydrogen) atoms. The van der Waals surface area contributed by atoms with E-state index in [-0.39, 0.29) is 5.78 Å². The number of halogens is 1. The summed E-state index contributed by atoms with van der Waals surface area (Å²) in [4.78, 5) is 18.1. The maximum Gasteiger partial charge on any atom is 0.210 e. The van der Waals surface area contributed by atoms with E-state index in [1.807, 2.05) is 36.4 Å². The van der Waals surface area contributed by atoms with Crippen LogP contribution in [0.1, 0.15) is 25.0 Å². The highest BCUT2D eigenvalue weighted by Gasteiger charge is 2.42. The average molecular weight is 377 g/mol. The van der Waals surface area contributed by atoms with E-state index in [1.54, 1.807) is 26.0 Å². The second-order valence-electron chi connectivity index (χ2n) is 5.97. The highest BCUT2D eigenvalue weighted by molar-refractivity contribution is 7.94. The second kappa shape index (κ2) is 7.22. The maximum absolute atomic E-state index is 12.8. The number of rotatable bonds is 5. The summed E-state index contributed by atoms with van der Waals surface area (Å²) in [7, 11) is 1.42. The summed E-state index contributed by atoms with van der Waals surface area (Å²) in [6.45, 7) is 3.53. The van der Waals surface area contributed by atoms with Crippen molar-refractivity contribution in [2.75, 3.05) is 7.11 Å². The second-order valence-corrected chi connectivity index (χ2v) is 7.12. The van der Waals surface area contributed by atoms with Gasteiger partial charge < -0.3 is 4.74 Å². The highest BCUT2D eigenvalue weighted by Crippen LogP contribution is 2.42. The zero-order valence-corrected chi connectivity index (χ0v) is 15.6. The number of Topliss-reactive ketones (excluding diaryl/α,β-unsaturated/α-hetero) is 1. The Morgan fingerprint density at radius 3 is 2.44 bits per heavy atom. The van der Waals surface area contributed by atoms with Gasteiger partial charge in [-0.2, -0.15) is 4.33 Å². The number of ketones is 1. The van der Waals surface area contributed by atoms with Crippen molar-refractivity contribution < 1.29 is 18.8 Å². The lowest BCUT2D eigenvalue weighted by molar-refractivity contribution is -0.160. The summed E-state index contributed by atoms with van der Waals surface area (Å²) in [6.07, 6.45) is 0. The summed E-state index contributed by atoms with van der Waals surface area (Å²) >= 11 is 7.34. The molecule has 0 spiro atoms. The summed E-state index contributed by atoms with van der Waals surface area (Å²) in [5, 5.41) is 0.486. The van der Waals surface area contributed by atoms with Crippen LogP contribution in [-0.2, 0) is 18.8 Å². The van der Waals surface area contributed by atoms with E-state index in [9.17, 15) is 4.79 Å². The Morgan fingerprint density at radius 2 is 1.80 bits per heavy atom. The molecule has 1 aliphatic rings. The molecule has 130 valence electrons. The molecule has 2 aromatic rings. The van der Waals surface area contributed by atoms with Crippen molar-refractivity contribution in [1.29, 1.82) is 0 Å². The van der Waals surface area contributed by atoms with Crippen LogP contribution in [0.5, 0.6) is 0 Å². The molecule has 1 aliphatic heterocycles. The minimum absolute atomic E-state index is 0.0500. The fraction of sp³-hybridized carbons (Fsp3) is 0.211. The van der Waals surface area contributed by atoms with E-state index in [4.69, 9.17) is 20.7 Å².